The Kier molecular flexibility index (Phi) is 5.41. The topological polar surface area (TPSA) is 88.5 Å². The summed E-state index contributed by atoms with van der Waals surface area (Å²) in [6.45, 7) is 1.16. The SMILES string of the molecule is Cc1c(Cl)cnc(NC(=O)COC(=O)c2cccc(O)c2)c1Cl. The van der Waals surface area contributed by atoms with Crippen molar-refractivity contribution in [1.82, 2.24) is 4.98 Å². The zero-order chi connectivity index (χ0) is 17.0. The number of phenolic OH excluding ortho intramolecular Hbond substituents is 1. The molecule has 0 saturated heterocycles. The first-order valence-corrected chi connectivity index (χ1v) is 7.20. The number of hydrogen-bond donors (Lipinski definition) is 2. The summed E-state index contributed by atoms with van der Waals surface area (Å²) in [5, 5.41) is 12.3. The lowest BCUT2D eigenvalue weighted by molar-refractivity contribution is -0.119. The van der Waals surface area contributed by atoms with Crippen LogP contribution in [0, 0.1) is 6.92 Å². The van der Waals surface area contributed by atoms with Crippen LogP contribution in [0.2, 0.25) is 10.0 Å². The first-order chi connectivity index (χ1) is 10.9. The van der Waals surface area contributed by atoms with E-state index in [4.69, 9.17) is 27.9 Å². The number of anilines is 1. The number of aromatic hydroxyl groups is 1. The lowest BCUT2D eigenvalue weighted by Crippen LogP contribution is -2.21. The number of pyridine rings is 1. The molecule has 0 aliphatic heterocycles. The Morgan fingerprint density at radius 1 is 1.35 bits per heavy atom. The lowest BCUT2D eigenvalue weighted by Gasteiger charge is -2.09. The van der Waals surface area contributed by atoms with Crippen LogP contribution in [-0.2, 0) is 9.53 Å². The molecule has 2 aromatic rings. The number of carbonyl (C=O) groups excluding carboxylic acids is 2. The number of ether oxygens (including phenoxy) is 1. The summed E-state index contributed by atoms with van der Waals surface area (Å²) in [7, 11) is 0. The van der Waals surface area contributed by atoms with Crippen LogP contribution in [0.5, 0.6) is 5.75 Å². The molecule has 0 aliphatic rings. The summed E-state index contributed by atoms with van der Waals surface area (Å²) in [6.07, 6.45) is 1.36. The Morgan fingerprint density at radius 3 is 2.78 bits per heavy atom. The molecule has 0 unspecified atom stereocenters. The number of nitrogens with one attached hydrogen (secondary N) is 1. The van der Waals surface area contributed by atoms with Gasteiger partial charge in [0.05, 0.1) is 15.6 Å². The standard InChI is InChI=1S/C15H12Cl2N2O4/c1-8-11(16)6-18-14(13(8)17)19-12(21)7-23-15(22)9-3-2-4-10(20)5-9/h2-6,20H,7H2,1H3,(H,18,19,21). The van der Waals surface area contributed by atoms with Crippen molar-refractivity contribution in [3.05, 3.63) is 51.6 Å². The molecule has 0 radical (unpaired) electrons. The first-order valence-electron chi connectivity index (χ1n) is 6.45. The van der Waals surface area contributed by atoms with Crippen molar-refractivity contribution in [1.29, 1.82) is 0 Å². The minimum Gasteiger partial charge on any atom is -0.508 e. The molecule has 23 heavy (non-hydrogen) atoms. The molecule has 1 heterocycles. The van der Waals surface area contributed by atoms with Crippen LogP contribution in [0.3, 0.4) is 0 Å². The third-order valence-corrected chi connectivity index (χ3v) is 3.72. The van der Waals surface area contributed by atoms with Crippen molar-refractivity contribution in [2.75, 3.05) is 11.9 Å². The highest BCUT2D eigenvalue weighted by Crippen LogP contribution is 2.28. The maximum Gasteiger partial charge on any atom is 0.338 e. The number of halogens is 2. The maximum absolute atomic E-state index is 11.8. The van der Waals surface area contributed by atoms with Crippen molar-refractivity contribution in [3.8, 4) is 5.75 Å². The van der Waals surface area contributed by atoms with Crippen LogP contribution in [-0.4, -0.2) is 28.6 Å². The fourth-order valence-electron chi connectivity index (χ4n) is 1.66. The maximum atomic E-state index is 11.8. The molecule has 0 aliphatic carbocycles. The molecule has 1 aromatic carbocycles. The predicted octanol–water partition coefficient (Wildman–Crippen LogP) is 3.20. The molecule has 120 valence electrons. The third kappa shape index (κ3) is 4.34. The van der Waals surface area contributed by atoms with Crippen LogP contribution < -0.4 is 5.32 Å². The molecule has 0 bridgehead atoms. The normalized spacial score (nSPS) is 10.2. The van der Waals surface area contributed by atoms with Gasteiger partial charge in [-0.05, 0) is 30.7 Å². The van der Waals surface area contributed by atoms with Gasteiger partial charge in [0.25, 0.3) is 5.91 Å². The van der Waals surface area contributed by atoms with Crippen molar-refractivity contribution >= 4 is 40.9 Å². The fourth-order valence-corrected chi connectivity index (χ4v) is 2.05. The van der Waals surface area contributed by atoms with Gasteiger partial charge in [0.15, 0.2) is 12.4 Å². The quantitative estimate of drug-likeness (QED) is 0.823. The van der Waals surface area contributed by atoms with Gasteiger partial charge in [0.2, 0.25) is 0 Å². The van der Waals surface area contributed by atoms with Gasteiger partial charge in [0, 0.05) is 6.20 Å². The van der Waals surface area contributed by atoms with Crippen LogP contribution in [0.4, 0.5) is 5.82 Å². The van der Waals surface area contributed by atoms with Gasteiger partial charge in [-0.25, -0.2) is 9.78 Å². The lowest BCUT2D eigenvalue weighted by atomic mass is 10.2. The number of carbonyl (C=O) groups is 2. The summed E-state index contributed by atoms with van der Waals surface area (Å²) in [6, 6.07) is 5.61. The minimum atomic E-state index is -0.734. The molecule has 0 atom stereocenters. The van der Waals surface area contributed by atoms with Gasteiger partial charge >= 0.3 is 5.97 Å². The van der Waals surface area contributed by atoms with Crippen LogP contribution in [0.15, 0.2) is 30.5 Å². The molecule has 1 amide bonds. The van der Waals surface area contributed by atoms with Gasteiger partial charge < -0.3 is 15.2 Å². The van der Waals surface area contributed by atoms with Crippen LogP contribution in [0.25, 0.3) is 0 Å². The number of rotatable bonds is 4. The van der Waals surface area contributed by atoms with Gasteiger partial charge in [-0.3, -0.25) is 4.79 Å². The molecule has 2 N–H and O–H groups in total. The zero-order valence-electron chi connectivity index (χ0n) is 12.0. The van der Waals surface area contributed by atoms with E-state index in [9.17, 15) is 14.7 Å². The average Bonchev–Trinajstić information content (AvgIpc) is 2.53. The van der Waals surface area contributed by atoms with Crippen molar-refractivity contribution in [2.24, 2.45) is 0 Å². The molecule has 0 spiro atoms. The number of nitrogens with zero attached hydrogens (tertiary/aromatic N) is 1. The zero-order valence-corrected chi connectivity index (χ0v) is 13.5. The highest BCUT2D eigenvalue weighted by molar-refractivity contribution is 6.37. The smallest absolute Gasteiger partial charge is 0.338 e. The minimum absolute atomic E-state index is 0.0727. The first kappa shape index (κ1) is 17.1. The number of aromatic nitrogens is 1. The van der Waals surface area contributed by atoms with E-state index in [0.29, 0.717) is 10.6 Å². The van der Waals surface area contributed by atoms with Crippen LogP contribution >= 0.6 is 23.2 Å². The summed E-state index contributed by atoms with van der Waals surface area (Å²) in [5.74, 6) is -1.28. The van der Waals surface area contributed by atoms with Crippen molar-refractivity contribution < 1.29 is 19.4 Å². The largest absolute Gasteiger partial charge is 0.508 e. The van der Waals surface area contributed by atoms with E-state index < -0.39 is 18.5 Å². The van der Waals surface area contributed by atoms with E-state index in [1.807, 2.05) is 0 Å². The molecule has 6 nitrogen and oxygen atoms in total. The Morgan fingerprint density at radius 2 is 2.09 bits per heavy atom. The Balaban J connectivity index is 1.95. The molecule has 8 heteroatoms. The molecular formula is C15H12Cl2N2O4. The van der Waals surface area contributed by atoms with Crippen molar-refractivity contribution in [3.63, 3.8) is 0 Å². The van der Waals surface area contributed by atoms with Gasteiger partial charge in [-0.15, -0.1) is 0 Å². The van der Waals surface area contributed by atoms with Crippen molar-refractivity contribution in [2.45, 2.75) is 6.92 Å². The number of esters is 1. The third-order valence-electron chi connectivity index (χ3n) is 2.88. The summed E-state index contributed by atoms with van der Waals surface area (Å²) < 4.78 is 4.85. The molecule has 2 rings (SSSR count). The van der Waals surface area contributed by atoms with Crippen LogP contribution in [0.1, 0.15) is 15.9 Å². The fraction of sp³-hybridized carbons (Fsp3) is 0.133. The second-order valence-electron chi connectivity index (χ2n) is 4.57. The van der Waals surface area contributed by atoms with E-state index >= 15 is 0 Å². The summed E-state index contributed by atoms with van der Waals surface area (Å²) in [4.78, 5) is 27.4. The Hall–Kier alpha value is -2.31. The summed E-state index contributed by atoms with van der Waals surface area (Å²) >= 11 is 11.9. The summed E-state index contributed by atoms with van der Waals surface area (Å²) in [5.41, 5.74) is 0.715. The highest BCUT2D eigenvalue weighted by Gasteiger charge is 2.14. The van der Waals surface area contributed by atoms with Gasteiger partial charge in [-0.1, -0.05) is 29.3 Å². The Bertz CT molecular complexity index is 765. The van der Waals surface area contributed by atoms with Gasteiger partial charge in [-0.2, -0.15) is 0 Å². The number of hydrogen-bond acceptors (Lipinski definition) is 5. The van der Waals surface area contributed by atoms with E-state index in [0.717, 1.165) is 0 Å². The highest BCUT2D eigenvalue weighted by atomic mass is 35.5. The van der Waals surface area contributed by atoms with E-state index in [1.54, 1.807) is 6.92 Å². The predicted molar refractivity (Wildman–Crippen MR) is 86.0 cm³/mol. The van der Waals surface area contributed by atoms with E-state index in [2.05, 4.69) is 10.3 Å². The second-order valence-corrected chi connectivity index (χ2v) is 5.35. The van der Waals surface area contributed by atoms with Gasteiger partial charge in [0.1, 0.15) is 5.75 Å². The second kappa shape index (κ2) is 7.30. The molecule has 0 fully saturated rings. The average molecular weight is 355 g/mol. The molecular weight excluding hydrogens is 343 g/mol. The number of amides is 1. The number of phenols is 1. The molecule has 0 saturated carbocycles. The molecule has 1 aromatic heterocycles. The van der Waals surface area contributed by atoms with E-state index in [-0.39, 0.29) is 22.2 Å². The monoisotopic (exact) mass is 354 g/mol. The Labute approximate surface area is 142 Å². The number of benzene rings is 1. The van der Waals surface area contributed by atoms with E-state index in [1.165, 1.54) is 30.5 Å².